The zero-order valence-corrected chi connectivity index (χ0v) is 18.6. The summed E-state index contributed by atoms with van der Waals surface area (Å²) in [5, 5.41) is 20.8. The highest BCUT2D eigenvalue weighted by Gasteiger charge is 2.18. The second-order valence-electron chi connectivity index (χ2n) is 6.37. The van der Waals surface area contributed by atoms with E-state index in [2.05, 4.69) is 26.6 Å². The van der Waals surface area contributed by atoms with Crippen LogP contribution in [0.15, 0.2) is 52.9 Å². The molecule has 0 saturated carbocycles. The molecule has 31 heavy (non-hydrogen) atoms. The van der Waals surface area contributed by atoms with Crippen LogP contribution in [-0.4, -0.2) is 21.1 Å². The summed E-state index contributed by atoms with van der Waals surface area (Å²) in [7, 11) is 0. The van der Waals surface area contributed by atoms with Crippen molar-refractivity contribution in [1.82, 2.24) is 15.2 Å². The van der Waals surface area contributed by atoms with Gasteiger partial charge in [-0.15, -0.1) is 21.5 Å². The predicted octanol–water partition coefficient (Wildman–Crippen LogP) is 5.53. The Balaban J connectivity index is 1.39. The van der Waals surface area contributed by atoms with Crippen LogP contribution in [0.4, 0.5) is 9.52 Å². The summed E-state index contributed by atoms with van der Waals surface area (Å²) in [5.74, 6) is 0.0609. The number of thiazole rings is 1. The van der Waals surface area contributed by atoms with Crippen molar-refractivity contribution in [3.8, 4) is 16.6 Å². The number of aromatic nitrogens is 3. The number of nitriles is 1. The first-order valence-corrected chi connectivity index (χ1v) is 11.6. The molecular weight excluding hydrogens is 453 g/mol. The maximum atomic E-state index is 13.1. The van der Waals surface area contributed by atoms with Gasteiger partial charge in [-0.25, -0.2) is 9.37 Å². The highest BCUT2D eigenvalue weighted by Crippen LogP contribution is 2.31. The Bertz CT molecular complexity index is 1260. The fourth-order valence-corrected chi connectivity index (χ4v) is 5.29. The van der Waals surface area contributed by atoms with Crippen LogP contribution in [0.1, 0.15) is 26.5 Å². The number of anilines is 1. The van der Waals surface area contributed by atoms with Crippen LogP contribution in [-0.2, 0) is 5.75 Å². The summed E-state index contributed by atoms with van der Waals surface area (Å²) in [4.78, 5) is 17.6. The largest absolute Gasteiger partial charge is 0.296 e. The fourth-order valence-electron chi connectivity index (χ4n) is 2.62. The smallest absolute Gasteiger partial charge is 0.269 e. The van der Waals surface area contributed by atoms with Crippen molar-refractivity contribution in [1.29, 1.82) is 5.26 Å². The Labute approximate surface area is 189 Å². The lowest BCUT2D eigenvalue weighted by atomic mass is 10.2. The van der Waals surface area contributed by atoms with E-state index in [0.717, 1.165) is 15.5 Å². The molecule has 0 aliphatic rings. The third-order valence-electron chi connectivity index (χ3n) is 4.17. The lowest BCUT2D eigenvalue weighted by Gasteiger charge is -1.99. The number of rotatable bonds is 6. The lowest BCUT2D eigenvalue weighted by Crippen LogP contribution is -2.11. The van der Waals surface area contributed by atoms with E-state index in [-0.39, 0.29) is 11.7 Å². The fraction of sp³-hybridized carbons (Fsp3) is 0.0952. The van der Waals surface area contributed by atoms with E-state index in [4.69, 9.17) is 5.26 Å². The highest BCUT2D eigenvalue weighted by molar-refractivity contribution is 8.00. The van der Waals surface area contributed by atoms with Crippen molar-refractivity contribution < 1.29 is 9.18 Å². The first-order valence-electron chi connectivity index (χ1n) is 9.02. The van der Waals surface area contributed by atoms with Gasteiger partial charge in [0.1, 0.15) is 15.7 Å². The summed E-state index contributed by atoms with van der Waals surface area (Å²) in [6.45, 7) is 1.76. The number of carbonyl (C=O) groups excluding carboxylic acids is 1. The number of carbonyl (C=O) groups is 1. The van der Waals surface area contributed by atoms with Gasteiger partial charge >= 0.3 is 0 Å². The van der Waals surface area contributed by atoms with E-state index in [1.54, 1.807) is 31.2 Å². The molecule has 0 atom stereocenters. The van der Waals surface area contributed by atoms with E-state index in [1.165, 1.54) is 46.6 Å². The molecule has 0 bridgehead atoms. The summed E-state index contributed by atoms with van der Waals surface area (Å²) in [6.07, 6.45) is 0. The van der Waals surface area contributed by atoms with Crippen LogP contribution in [0.2, 0.25) is 0 Å². The Morgan fingerprint density at radius 1 is 1.13 bits per heavy atom. The average Bonchev–Trinajstić information content (AvgIpc) is 3.39. The molecule has 4 aromatic rings. The number of hydrogen-bond acceptors (Lipinski definition) is 8. The normalized spacial score (nSPS) is 10.6. The quantitative estimate of drug-likeness (QED) is 0.296. The van der Waals surface area contributed by atoms with E-state index in [1.807, 2.05) is 12.1 Å². The zero-order chi connectivity index (χ0) is 21.8. The van der Waals surface area contributed by atoms with Gasteiger partial charge in [0.25, 0.3) is 5.91 Å². The van der Waals surface area contributed by atoms with E-state index >= 15 is 0 Å². The number of hydrogen-bond donors (Lipinski definition) is 1. The number of amides is 1. The minimum atomic E-state index is -0.320. The van der Waals surface area contributed by atoms with Crippen LogP contribution >= 0.6 is 34.4 Å². The number of aryl methyl sites for hydroxylation is 1. The van der Waals surface area contributed by atoms with E-state index in [0.29, 0.717) is 32.0 Å². The SMILES string of the molecule is Cc1nc(-c2ccc(F)cc2)sc1C(=O)Nc1nnc(SCc2ccc(C#N)cc2)s1. The van der Waals surface area contributed by atoms with Crippen molar-refractivity contribution in [3.63, 3.8) is 0 Å². The first kappa shape index (κ1) is 21.1. The van der Waals surface area contributed by atoms with Gasteiger partial charge in [-0.1, -0.05) is 35.2 Å². The highest BCUT2D eigenvalue weighted by atomic mass is 32.2. The molecule has 154 valence electrons. The Kier molecular flexibility index (Phi) is 6.36. The molecule has 1 N–H and O–H groups in total. The van der Waals surface area contributed by atoms with Crippen molar-refractivity contribution in [2.45, 2.75) is 17.0 Å². The molecule has 1 amide bonds. The molecule has 0 aliphatic carbocycles. The monoisotopic (exact) mass is 467 g/mol. The van der Waals surface area contributed by atoms with Crippen LogP contribution in [0.3, 0.4) is 0 Å². The number of nitrogens with one attached hydrogen (secondary N) is 1. The van der Waals surface area contributed by atoms with Crippen LogP contribution in [0, 0.1) is 24.1 Å². The van der Waals surface area contributed by atoms with Gasteiger partial charge in [-0.05, 0) is 48.9 Å². The number of nitrogens with zero attached hydrogens (tertiary/aromatic N) is 4. The molecule has 2 aromatic carbocycles. The van der Waals surface area contributed by atoms with Gasteiger partial charge in [0.2, 0.25) is 5.13 Å². The minimum absolute atomic E-state index is 0.303. The summed E-state index contributed by atoms with van der Waals surface area (Å²) in [6, 6.07) is 15.5. The van der Waals surface area contributed by atoms with Crippen molar-refractivity contribution in [3.05, 3.63) is 76.0 Å². The van der Waals surface area contributed by atoms with E-state index in [9.17, 15) is 9.18 Å². The molecule has 2 aromatic heterocycles. The second-order valence-corrected chi connectivity index (χ2v) is 9.56. The summed E-state index contributed by atoms with van der Waals surface area (Å²) in [5.41, 5.74) is 3.04. The van der Waals surface area contributed by atoms with E-state index < -0.39 is 0 Å². The third-order valence-corrected chi connectivity index (χ3v) is 7.41. The predicted molar refractivity (Wildman–Crippen MR) is 121 cm³/mol. The molecule has 4 rings (SSSR count). The molecule has 0 spiro atoms. The second kappa shape index (κ2) is 9.34. The third kappa shape index (κ3) is 5.14. The van der Waals surface area contributed by atoms with Gasteiger partial charge < -0.3 is 0 Å². The number of halogens is 1. The van der Waals surface area contributed by atoms with Crippen molar-refractivity contribution >= 4 is 45.5 Å². The van der Waals surface area contributed by atoms with Gasteiger partial charge in [-0.3, -0.25) is 10.1 Å². The summed E-state index contributed by atoms with van der Waals surface area (Å²) < 4.78 is 13.9. The molecule has 0 radical (unpaired) electrons. The molecular formula is C21H14FN5OS3. The Morgan fingerprint density at radius 3 is 2.58 bits per heavy atom. The minimum Gasteiger partial charge on any atom is -0.296 e. The Hall–Kier alpha value is -3.13. The van der Waals surface area contributed by atoms with Crippen LogP contribution < -0.4 is 5.32 Å². The Morgan fingerprint density at radius 2 is 1.87 bits per heavy atom. The van der Waals surface area contributed by atoms with Crippen molar-refractivity contribution in [2.24, 2.45) is 0 Å². The molecule has 6 nitrogen and oxygen atoms in total. The molecule has 10 heteroatoms. The summed E-state index contributed by atoms with van der Waals surface area (Å²) >= 11 is 4.04. The number of benzene rings is 2. The van der Waals surface area contributed by atoms with Gasteiger partial charge in [0.15, 0.2) is 4.34 Å². The van der Waals surface area contributed by atoms with Crippen LogP contribution in [0.25, 0.3) is 10.6 Å². The number of thioether (sulfide) groups is 1. The van der Waals surface area contributed by atoms with Gasteiger partial charge in [-0.2, -0.15) is 5.26 Å². The maximum absolute atomic E-state index is 13.1. The zero-order valence-electron chi connectivity index (χ0n) is 16.1. The van der Waals surface area contributed by atoms with Gasteiger partial charge in [0, 0.05) is 11.3 Å². The maximum Gasteiger partial charge on any atom is 0.269 e. The molecule has 0 saturated heterocycles. The molecule has 0 unspecified atom stereocenters. The van der Waals surface area contributed by atoms with Gasteiger partial charge in [0.05, 0.1) is 17.3 Å². The topological polar surface area (TPSA) is 91.6 Å². The average molecular weight is 468 g/mol. The first-order chi connectivity index (χ1) is 15.0. The molecule has 0 fully saturated rings. The molecule has 0 aliphatic heterocycles. The van der Waals surface area contributed by atoms with Crippen LogP contribution in [0.5, 0.6) is 0 Å². The standard InChI is InChI=1S/C21H14FN5OS3/c1-12-17(30-19(24-12)15-6-8-16(22)9-7-15)18(28)25-20-26-27-21(31-20)29-11-14-4-2-13(10-23)3-5-14/h2-9H,11H2,1H3,(H,25,26,28). The lowest BCUT2D eigenvalue weighted by molar-refractivity contribution is 0.102. The molecule has 2 heterocycles. The van der Waals surface area contributed by atoms with Crippen molar-refractivity contribution in [2.75, 3.05) is 5.32 Å².